The molecule has 4 rings (SSSR count). The minimum atomic E-state index is 0.404. The molecule has 0 radical (unpaired) electrons. The molecule has 0 bridgehead atoms. The van der Waals surface area contributed by atoms with Crippen molar-refractivity contribution < 1.29 is 5.11 Å². The van der Waals surface area contributed by atoms with Gasteiger partial charge in [0.15, 0.2) is 0 Å². The average molecular weight is 187 g/mol. The zero-order valence-corrected chi connectivity index (χ0v) is 8.01. The van der Waals surface area contributed by atoms with Crippen LogP contribution < -0.4 is 5.32 Å². The lowest BCUT2D eigenvalue weighted by molar-refractivity contribution is 0.456. The Balaban J connectivity index is 2.00. The molecule has 1 saturated heterocycles. The Labute approximate surface area is 82.9 Å². The number of hydrogen-bond donors (Lipinski definition) is 2. The summed E-state index contributed by atoms with van der Waals surface area (Å²) in [6.07, 6.45) is 2.42. The van der Waals surface area contributed by atoms with E-state index in [4.69, 9.17) is 0 Å². The quantitative estimate of drug-likeness (QED) is 0.639. The van der Waals surface area contributed by atoms with E-state index in [-0.39, 0.29) is 0 Å². The molecule has 0 amide bonds. The van der Waals surface area contributed by atoms with Crippen LogP contribution in [0.1, 0.15) is 17.5 Å². The normalized spacial score (nSPS) is 41.7. The Kier molecular flexibility index (Phi) is 0.961. The predicted molar refractivity (Wildman–Crippen MR) is 53.4 cm³/mol. The summed E-state index contributed by atoms with van der Waals surface area (Å²) < 4.78 is 0. The van der Waals surface area contributed by atoms with Gasteiger partial charge in [0.2, 0.25) is 0 Å². The third kappa shape index (κ3) is 0.541. The van der Waals surface area contributed by atoms with Crippen molar-refractivity contribution in [2.24, 2.45) is 5.41 Å². The van der Waals surface area contributed by atoms with Crippen molar-refractivity contribution in [2.75, 3.05) is 13.1 Å². The zero-order chi connectivity index (χ0) is 9.39. The molecule has 14 heavy (non-hydrogen) atoms. The third-order valence-electron chi connectivity index (χ3n) is 4.60. The molecule has 0 aromatic heterocycles. The van der Waals surface area contributed by atoms with Gasteiger partial charge in [-0.15, -0.1) is 0 Å². The van der Waals surface area contributed by atoms with E-state index in [0.29, 0.717) is 16.6 Å². The second-order valence-electron chi connectivity index (χ2n) is 5.12. The van der Waals surface area contributed by atoms with Crippen LogP contribution in [-0.2, 0) is 11.8 Å². The summed E-state index contributed by atoms with van der Waals surface area (Å²) in [5.74, 6) is 0.510. The summed E-state index contributed by atoms with van der Waals surface area (Å²) >= 11 is 0. The highest BCUT2D eigenvalue weighted by Gasteiger charge is 2.74. The summed E-state index contributed by atoms with van der Waals surface area (Å²) in [7, 11) is 0. The lowest BCUT2D eigenvalue weighted by Gasteiger charge is -2.14. The van der Waals surface area contributed by atoms with Crippen molar-refractivity contribution in [3.05, 3.63) is 29.3 Å². The molecular formula is C12H13NO. The second kappa shape index (κ2) is 1.84. The molecule has 2 N–H and O–H groups in total. The molecule has 2 aliphatic carbocycles. The van der Waals surface area contributed by atoms with Gasteiger partial charge < -0.3 is 10.4 Å². The Morgan fingerprint density at radius 3 is 3.14 bits per heavy atom. The largest absolute Gasteiger partial charge is 0.508 e. The maximum Gasteiger partial charge on any atom is 0.119 e. The van der Waals surface area contributed by atoms with Gasteiger partial charge in [-0.2, -0.15) is 0 Å². The summed E-state index contributed by atoms with van der Waals surface area (Å²) in [5, 5.41) is 13.3. The lowest BCUT2D eigenvalue weighted by Crippen LogP contribution is -2.21. The summed E-state index contributed by atoms with van der Waals surface area (Å²) in [5.41, 5.74) is 3.53. The van der Waals surface area contributed by atoms with E-state index >= 15 is 0 Å². The number of nitrogens with one attached hydrogen (secondary N) is 1. The van der Waals surface area contributed by atoms with Gasteiger partial charge >= 0.3 is 0 Å². The van der Waals surface area contributed by atoms with Crippen LogP contribution in [0.15, 0.2) is 18.2 Å². The highest BCUT2D eigenvalue weighted by Crippen LogP contribution is 2.73. The number of phenolic OH excluding ortho intramolecular Hbond substituents is 1. The molecule has 1 aromatic rings. The zero-order valence-electron chi connectivity index (χ0n) is 8.01. The van der Waals surface area contributed by atoms with Gasteiger partial charge in [0, 0.05) is 18.5 Å². The van der Waals surface area contributed by atoms with Gasteiger partial charge in [-0.05, 0) is 35.4 Å². The topological polar surface area (TPSA) is 32.3 Å². The van der Waals surface area contributed by atoms with Gasteiger partial charge in [0.25, 0.3) is 0 Å². The Hall–Kier alpha value is -1.02. The van der Waals surface area contributed by atoms with Gasteiger partial charge in [0.05, 0.1) is 0 Å². The predicted octanol–water partition coefficient (Wildman–Crippen LogP) is 1.18. The number of phenols is 1. The fraction of sp³-hybridized carbons (Fsp3) is 0.500. The van der Waals surface area contributed by atoms with Gasteiger partial charge in [-0.3, -0.25) is 0 Å². The first-order valence-electron chi connectivity index (χ1n) is 5.30. The molecule has 2 nitrogen and oxygen atoms in total. The fourth-order valence-electron chi connectivity index (χ4n) is 3.85. The Bertz CT molecular complexity index is 438. The molecule has 1 saturated carbocycles. The first kappa shape index (κ1) is 7.30. The first-order chi connectivity index (χ1) is 6.78. The van der Waals surface area contributed by atoms with Crippen molar-refractivity contribution in [3.63, 3.8) is 0 Å². The molecule has 0 spiro atoms. The van der Waals surface area contributed by atoms with Crippen molar-refractivity contribution in [2.45, 2.75) is 18.3 Å². The molecule has 2 unspecified atom stereocenters. The van der Waals surface area contributed by atoms with E-state index in [1.807, 2.05) is 12.1 Å². The maximum absolute atomic E-state index is 9.80. The fourth-order valence-corrected chi connectivity index (χ4v) is 3.85. The minimum absolute atomic E-state index is 0.404. The van der Waals surface area contributed by atoms with Crippen molar-refractivity contribution >= 4 is 0 Å². The monoisotopic (exact) mass is 187 g/mol. The van der Waals surface area contributed by atoms with Crippen molar-refractivity contribution in [1.82, 2.24) is 5.32 Å². The first-order valence-corrected chi connectivity index (χ1v) is 5.30. The molecule has 2 fully saturated rings. The van der Waals surface area contributed by atoms with Gasteiger partial charge in [-0.25, -0.2) is 0 Å². The molecular weight excluding hydrogens is 174 g/mol. The summed E-state index contributed by atoms with van der Waals surface area (Å²) in [6.45, 7) is 2.25. The molecule has 1 heterocycles. The number of hydrogen-bond acceptors (Lipinski definition) is 2. The average Bonchev–Trinajstić information content (AvgIpc) is 2.56. The highest BCUT2D eigenvalue weighted by molar-refractivity contribution is 5.58. The standard InChI is InChI=1S/C12H13NO/c14-10-3-1-2-9-8(10)4-11-5-12(9,11)7-13-6-11/h1-3,13-14H,4-7H2. The van der Waals surface area contributed by atoms with Crippen molar-refractivity contribution in [3.8, 4) is 5.75 Å². The second-order valence-corrected chi connectivity index (χ2v) is 5.12. The van der Waals surface area contributed by atoms with Crippen LogP contribution in [0.25, 0.3) is 0 Å². The highest BCUT2D eigenvalue weighted by atomic mass is 16.3. The molecule has 1 aliphatic heterocycles. The van der Waals surface area contributed by atoms with Gasteiger partial charge in [0.1, 0.15) is 5.75 Å². The molecule has 72 valence electrons. The smallest absolute Gasteiger partial charge is 0.119 e. The lowest BCUT2D eigenvalue weighted by atomic mass is 9.95. The van der Waals surface area contributed by atoms with E-state index in [2.05, 4.69) is 11.4 Å². The van der Waals surface area contributed by atoms with Crippen LogP contribution in [0, 0.1) is 5.41 Å². The van der Waals surface area contributed by atoms with Crippen LogP contribution in [0.5, 0.6) is 5.75 Å². The van der Waals surface area contributed by atoms with E-state index in [1.54, 1.807) is 0 Å². The van der Waals surface area contributed by atoms with Crippen molar-refractivity contribution in [1.29, 1.82) is 0 Å². The maximum atomic E-state index is 9.80. The molecule has 2 atom stereocenters. The Morgan fingerprint density at radius 1 is 1.29 bits per heavy atom. The van der Waals surface area contributed by atoms with Crippen LogP contribution >= 0.6 is 0 Å². The van der Waals surface area contributed by atoms with E-state index in [0.717, 1.165) is 19.5 Å². The van der Waals surface area contributed by atoms with Gasteiger partial charge in [-0.1, -0.05) is 12.1 Å². The Morgan fingerprint density at radius 2 is 2.21 bits per heavy atom. The summed E-state index contributed by atoms with van der Waals surface area (Å²) in [4.78, 5) is 0. The molecule has 1 aromatic carbocycles. The van der Waals surface area contributed by atoms with Crippen LogP contribution in [0.3, 0.4) is 0 Å². The summed E-state index contributed by atoms with van der Waals surface area (Å²) in [6, 6.07) is 6.01. The van der Waals surface area contributed by atoms with E-state index in [1.165, 1.54) is 17.5 Å². The van der Waals surface area contributed by atoms with Crippen LogP contribution in [0.4, 0.5) is 0 Å². The van der Waals surface area contributed by atoms with E-state index < -0.39 is 0 Å². The number of piperidine rings is 1. The molecule has 2 heteroatoms. The molecule has 3 aliphatic rings. The minimum Gasteiger partial charge on any atom is -0.508 e. The number of aromatic hydroxyl groups is 1. The van der Waals surface area contributed by atoms with Crippen LogP contribution in [-0.4, -0.2) is 18.2 Å². The number of fused-ring (bicyclic) bond motifs is 1. The number of rotatable bonds is 0. The third-order valence-corrected chi connectivity index (χ3v) is 4.60. The number of benzene rings is 1. The van der Waals surface area contributed by atoms with Crippen LogP contribution in [0.2, 0.25) is 0 Å². The van der Waals surface area contributed by atoms with E-state index in [9.17, 15) is 5.11 Å². The SMILES string of the molecule is Oc1cccc2c1CC13CNCC21C3.